The van der Waals surface area contributed by atoms with Gasteiger partial charge in [0.1, 0.15) is 29.4 Å². The summed E-state index contributed by atoms with van der Waals surface area (Å²) in [5.41, 5.74) is 8.15. The van der Waals surface area contributed by atoms with Gasteiger partial charge in [0.25, 0.3) is 0 Å². The number of carbonyl (C=O) groups excluding carboxylic acids is 1. The average Bonchev–Trinajstić information content (AvgIpc) is 3.56. The zero-order valence-corrected chi connectivity index (χ0v) is 19.9. The highest BCUT2D eigenvalue weighted by atomic mass is 19.1. The van der Waals surface area contributed by atoms with Crippen molar-refractivity contribution in [2.24, 2.45) is 0 Å². The number of fused-ring (bicyclic) bond motifs is 1. The van der Waals surface area contributed by atoms with Crippen molar-refractivity contribution in [1.82, 2.24) is 24.6 Å². The maximum absolute atomic E-state index is 14.0. The van der Waals surface area contributed by atoms with Crippen molar-refractivity contribution >= 4 is 22.8 Å². The zero-order valence-electron chi connectivity index (χ0n) is 19.9. The van der Waals surface area contributed by atoms with Gasteiger partial charge in [-0.05, 0) is 68.2 Å². The van der Waals surface area contributed by atoms with Gasteiger partial charge >= 0.3 is 0 Å². The highest BCUT2D eigenvalue weighted by Gasteiger charge is 2.52. The van der Waals surface area contributed by atoms with Crippen molar-refractivity contribution in [3.63, 3.8) is 0 Å². The molecule has 1 atom stereocenters. The van der Waals surface area contributed by atoms with E-state index in [1.54, 1.807) is 24.3 Å². The molecule has 1 saturated carbocycles. The van der Waals surface area contributed by atoms with Crippen molar-refractivity contribution < 1.29 is 18.3 Å². The lowest BCUT2D eigenvalue weighted by molar-refractivity contribution is -0.131. The van der Waals surface area contributed by atoms with Crippen molar-refractivity contribution in [3.8, 4) is 22.8 Å². The Labute approximate surface area is 211 Å². The summed E-state index contributed by atoms with van der Waals surface area (Å²) in [6.45, 7) is 4.19. The van der Waals surface area contributed by atoms with Gasteiger partial charge in [-0.15, -0.1) is 0 Å². The van der Waals surface area contributed by atoms with E-state index in [4.69, 9.17) is 15.6 Å². The molecule has 1 amide bonds. The molecule has 1 saturated heterocycles. The molecule has 37 heavy (non-hydrogen) atoms. The van der Waals surface area contributed by atoms with Crippen LogP contribution in [0.25, 0.3) is 22.3 Å². The third kappa shape index (κ3) is 3.98. The summed E-state index contributed by atoms with van der Waals surface area (Å²) in [6, 6.07) is 9.97. The number of likely N-dealkylation sites (tertiary alicyclic amines) is 1. The molecular formula is C27H24F2N6O2. The Bertz CT molecular complexity index is 1530. The highest BCUT2D eigenvalue weighted by Crippen LogP contribution is 2.50. The Morgan fingerprint density at radius 2 is 1.92 bits per heavy atom. The molecule has 2 aliphatic rings. The predicted molar refractivity (Wildman–Crippen MR) is 134 cm³/mol. The van der Waals surface area contributed by atoms with Crippen LogP contribution in [0, 0.1) is 11.6 Å². The number of hydrogen-bond donors (Lipinski definition) is 1. The Morgan fingerprint density at radius 1 is 1.14 bits per heavy atom. The molecule has 1 spiro atoms. The topological polar surface area (TPSA) is 99.2 Å². The summed E-state index contributed by atoms with van der Waals surface area (Å²) < 4.78 is 34.6. The smallest absolute Gasteiger partial charge is 0.246 e. The van der Waals surface area contributed by atoms with Gasteiger partial charge in [-0.25, -0.2) is 23.4 Å². The summed E-state index contributed by atoms with van der Waals surface area (Å²) >= 11 is 0. The molecule has 0 unspecified atom stereocenters. The fraction of sp³-hybridized carbons (Fsp3) is 0.259. The molecule has 188 valence electrons. The molecule has 1 aliphatic heterocycles. The molecule has 2 aromatic carbocycles. The minimum absolute atomic E-state index is 0.0542. The van der Waals surface area contributed by atoms with Crippen LogP contribution in [0.15, 0.2) is 61.4 Å². The molecule has 1 aliphatic carbocycles. The standard InChI is InChI=1S/C27H24F2N6O2/c1-2-22(36)34-14-18(9-10-27(34)11-12-27)35-26-23(25(30)31-15-32-26)24(33-35)16-3-6-19(7-4-16)37-21-8-5-17(28)13-20(21)29/h2-8,13,15,18H,1,9-12,14H2,(H2,30,31,32)/t18-/m1/s1. The number of nitrogen functional groups attached to an aromatic ring is 1. The number of benzene rings is 2. The molecule has 0 radical (unpaired) electrons. The van der Waals surface area contributed by atoms with Crippen LogP contribution in [0.4, 0.5) is 14.6 Å². The molecule has 2 N–H and O–H groups in total. The predicted octanol–water partition coefficient (Wildman–Crippen LogP) is 5.03. The number of hydrogen-bond acceptors (Lipinski definition) is 6. The fourth-order valence-corrected chi connectivity index (χ4v) is 5.18. The highest BCUT2D eigenvalue weighted by molar-refractivity contribution is 5.98. The maximum atomic E-state index is 14.0. The van der Waals surface area contributed by atoms with Gasteiger partial charge < -0.3 is 15.4 Å². The Kier molecular flexibility index (Phi) is 5.40. The number of rotatable bonds is 5. The van der Waals surface area contributed by atoms with Crippen LogP contribution in [-0.4, -0.2) is 42.6 Å². The number of nitrogens with zero attached hydrogens (tertiary/aromatic N) is 5. The molecule has 0 bridgehead atoms. The third-order valence-electron chi connectivity index (χ3n) is 7.29. The van der Waals surface area contributed by atoms with Crippen LogP contribution >= 0.6 is 0 Å². The number of ether oxygens (including phenoxy) is 1. The summed E-state index contributed by atoms with van der Waals surface area (Å²) in [4.78, 5) is 23.2. The first-order valence-electron chi connectivity index (χ1n) is 12.0. The van der Waals surface area contributed by atoms with Gasteiger partial charge in [-0.1, -0.05) is 6.58 Å². The quantitative estimate of drug-likeness (QED) is 0.385. The van der Waals surface area contributed by atoms with Crippen molar-refractivity contribution in [2.45, 2.75) is 37.3 Å². The van der Waals surface area contributed by atoms with Crippen LogP contribution < -0.4 is 10.5 Å². The lowest BCUT2D eigenvalue weighted by Crippen LogP contribution is -2.48. The van der Waals surface area contributed by atoms with Gasteiger partial charge in [0.2, 0.25) is 5.91 Å². The van der Waals surface area contributed by atoms with Crippen LogP contribution in [0.1, 0.15) is 31.7 Å². The number of anilines is 1. The van der Waals surface area contributed by atoms with E-state index >= 15 is 0 Å². The van der Waals surface area contributed by atoms with Crippen molar-refractivity contribution in [2.75, 3.05) is 12.3 Å². The Hall–Kier alpha value is -4.34. The van der Waals surface area contributed by atoms with E-state index in [2.05, 4.69) is 16.5 Å². The molecule has 10 heteroatoms. The van der Waals surface area contributed by atoms with E-state index in [9.17, 15) is 13.6 Å². The van der Waals surface area contributed by atoms with E-state index in [0.717, 1.165) is 43.4 Å². The number of nitrogens with two attached hydrogens (primary N) is 1. The summed E-state index contributed by atoms with van der Waals surface area (Å²) in [6.07, 6.45) is 6.55. The third-order valence-corrected chi connectivity index (χ3v) is 7.29. The number of carbonyl (C=O) groups is 1. The molecule has 8 nitrogen and oxygen atoms in total. The van der Waals surface area contributed by atoms with Gasteiger partial charge in [-0.3, -0.25) is 4.79 Å². The minimum Gasteiger partial charge on any atom is -0.454 e. The van der Waals surface area contributed by atoms with Crippen LogP contribution in [0.3, 0.4) is 0 Å². The maximum Gasteiger partial charge on any atom is 0.246 e. The van der Waals surface area contributed by atoms with E-state index in [0.29, 0.717) is 34.8 Å². The van der Waals surface area contributed by atoms with E-state index in [-0.39, 0.29) is 23.2 Å². The fourth-order valence-electron chi connectivity index (χ4n) is 5.18. The normalized spacial score (nSPS) is 18.2. The number of amides is 1. The Balaban J connectivity index is 1.34. The number of piperidine rings is 1. The largest absolute Gasteiger partial charge is 0.454 e. The SMILES string of the molecule is C=CC(=O)N1C[C@H](n2nc(-c3ccc(Oc4ccc(F)cc4F)cc3)c3c(N)ncnc32)CCC12CC2. The lowest BCUT2D eigenvalue weighted by Gasteiger charge is -2.40. The second-order valence-electron chi connectivity index (χ2n) is 9.52. The van der Waals surface area contributed by atoms with E-state index < -0.39 is 11.6 Å². The summed E-state index contributed by atoms with van der Waals surface area (Å²) in [5, 5.41) is 5.52. The number of halogens is 2. The zero-order chi connectivity index (χ0) is 25.7. The van der Waals surface area contributed by atoms with Gasteiger partial charge in [0.15, 0.2) is 17.2 Å². The van der Waals surface area contributed by atoms with Crippen LogP contribution in [0.5, 0.6) is 11.5 Å². The summed E-state index contributed by atoms with van der Waals surface area (Å²) in [5.74, 6) is -0.934. The number of aromatic nitrogens is 4. The van der Waals surface area contributed by atoms with Crippen molar-refractivity contribution in [3.05, 3.63) is 73.1 Å². The molecule has 6 rings (SSSR count). The lowest BCUT2D eigenvalue weighted by atomic mass is 9.96. The average molecular weight is 503 g/mol. The van der Waals surface area contributed by atoms with E-state index in [1.807, 2.05) is 9.58 Å². The minimum atomic E-state index is -0.789. The van der Waals surface area contributed by atoms with Gasteiger partial charge in [0.05, 0.1) is 11.4 Å². The first-order chi connectivity index (χ1) is 17.9. The molecule has 3 heterocycles. The second kappa shape index (κ2) is 8.65. The molecule has 2 aromatic heterocycles. The first-order valence-corrected chi connectivity index (χ1v) is 12.0. The van der Waals surface area contributed by atoms with Gasteiger partial charge in [-0.2, -0.15) is 5.10 Å². The second-order valence-corrected chi connectivity index (χ2v) is 9.52. The summed E-state index contributed by atoms with van der Waals surface area (Å²) in [7, 11) is 0. The Morgan fingerprint density at radius 3 is 2.62 bits per heavy atom. The van der Waals surface area contributed by atoms with Gasteiger partial charge in [0, 0.05) is 23.7 Å². The van der Waals surface area contributed by atoms with Crippen LogP contribution in [0.2, 0.25) is 0 Å². The molecule has 4 aromatic rings. The van der Waals surface area contributed by atoms with E-state index in [1.165, 1.54) is 18.5 Å². The monoisotopic (exact) mass is 502 g/mol. The first kappa shape index (κ1) is 23.1. The molecular weight excluding hydrogens is 478 g/mol. The van der Waals surface area contributed by atoms with Crippen LogP contribution in [-0.2, 0) is 4.79 Å². The van der Waals surface area contributed by atoms with Crippen molar-refractivity contribution in [1.29, 1.82) is 0 Å². The molecule has 2 fully saturated rings.